The number of nitrogens with one attached hydrogen (secondary N) is 1. The van der Waals surface area contributed by atoms with Crippen LogP contribution >= 0.6 is 0 Å². The van der Waals surface area contributed by atoms with Crippen molar-refractivity contribution in [1.29, 1.82) is 0 Å². The fraction of sp³-hybridized carbons (Fsp3) is 0.423. The Balaban J connectivity index is 1.24. The molecule has 0 bridgehead atoms. The number of aromatic nitrogens is 5. The van der Waals surface area contributed by atoms with Crippen molar-refractivity contribution in [3.8, 4) is 11.8 Å². The van der Waals surface area contributed by atoms with Crippen molar-refractivity contribution in [3.05, 3.63) is 74.3 Å². The molecule has 1 amide bonds. The number of aromatic amines is 1. The molecule has 38 heavy (non-hydrogen) atoms. The molecular formula is C26H26N6O6. The molecule has 1 aliphatic carbocycles. The Hall–Kier alpha value is -4.05. The Morgan fingerprint density at radius 2 is 2.00 bits per heavy atom. The lowest BCUT2D eigenvalue weighted by Gasteiger charge is -2.18. The number of benzene rings is 1. The molecule has 6 rings (SSSR count). The number of H-pyrrole nitrogens is 1. The van der Waals surface area contributed by atoms with Crippen LogP contribution in [0.15, 0.2) is 46.2 Å². The SMILES string of the molecule is Cc1cn(C2CC(n3cc(CN4C(=O)C(O)(C#CC5CC5)c5ccccc54)nn3)C(CO)O2)c(=O)[nH]c1=O. The van der Waals surface area contributed by atoms with E-state index in [1.807, 2.05) is 0 Å². The molecule has 12 nitrogen and oxygen atoms in total. The lowest BCUT2D eigenvalue weighted by atomic mass is 9.96. The summed E-state index contributed by atoms with van der Waals surface area (Å²) >= 11 is 0. The van der Waals surface area contributed by atoms with E-state index in [1.165, 1.54) is 15.7 Å². The van der Waals surface area contributed by atoms with Gasteiger partial charge in [0, 0.05) is 29.7 Å². The lowest BCUT2D eigenvalue weighted by Crippen LogP contribution is -2.39. The zero-order chi connectivity index (χ0) is 26.6. The molecule has 3 aliphatic rings. The molecule has 196 valence electrons. The van der Waals surface area contributed by atoms with E-state index < -0.39 is 41.1 Å². The highest BCUT2D eigenvalue weighted by atomic mass is 16.5. The maximum atomic E-state index is 13.4. The Kier molecular flexibility index (Phi) is 5.79. The summed E-state index contributed by atoms with van der Waals surface area (Å²) in [6.07, 6.45) is 3.93. The quantitative estimate of drug-likeness (QED) is 0.402. The lowest BCUT2D eigenvalue weighted by molar-refractivity contribution is -0.130. The number of aliphatic hydroxyl groups excluding tert-OH is 1. The predicted octanol–water partition coefficient (Wildman–Crippen LogP) is 0.105. The number of carbonyl (C=O) groups is 1. The number of carbonyl (C=O) groups excluding carboxylic acids is 1. The van der Waals surface area contributed by atoms with Gasteiger partial charge in [-0.3, -0.25) is 19.1 Å². The molecule has 4 heterocycles. The maximum Gasteiger partial charge on any atom is 0.330 e. The van der Waals surface area contributed by atoms with E-state index in [9.17, 15) is 24.6 Å². The van der Waals surface area contributed by atoms with Gasteiger partial charge < -0.3 is 19.8 Å². The number of fused-ring (bicyclic) bond motifs is 1. The highest BCUT2D eigenvalue weighted by Crippen LogP contribution is 2.41. The first-order valence-electron chi connectivity index (χ1n) is 12.4. The second-order valence-corrected chi connectivity index (χ2v) is 9.95. The van der Waals surface area contributed by atoms with Gasteiger partial charge in [0.2, 0.25) is 5.60 Å². The Bertz CT molecular complexity index is 1590. The van der Waals surface area contributed by atoms with Crippen LogP contribution in [0.3, 0.4) is 0 Å². The van der Waals surface area contributed by atoms with E-state index in [1.54, 1.807) is 42.1 Å². The van der Waals surface area contributed by atoms with Crippen molar-refractivity contribution in [2.24, 2.45) is 5.92 Å². The van der Waals surface area contributed by atoms with Crippen LogP contribution in [0.5, 0.6) is 0 Å². The second kappa shape index (κ2) is 9.05. The van der Waals surface area contributed by atoms with E-state index in [-0.39, 0.29) is 19.1 Å². The summed E-state index contributed by atoms with van der Waals surface area (Å²) in [6.45, 7) is 1.32. The number of nitrogens with zero attached hydrogens (tertiary/aromatic N) is 5. The minimum atomic E-state index is -1.91. The Morgan fingerprint density at radius 1 is 1.21 bits per heavy atom. The first-order valence-corrected chi connectivity index (χ1v) is 12.4. The molecule has 3 aromatic rings. The van der Waals surface area contributed by atoms with Crippen LogP contribution in [0.1, 0.15) is 48.4 Å². The molecule has 4 unspecified atom stereocenters. The largest absolute Gasteiger partial charge is 0.394 e. The van der Waals surface area contributed by atoms with Crippen molar-refractivity contribution in [1.82, 2.24) is 24.5 Å². The van der Waals surface area contributed by atoms with Crippen molar-refractivity contribution in [2.75, 3.05) is 11.5 Å². The number of hydrogen-bond acceptors (Lipinski definition) is 8. The molecular weight excluding hydrogens is 492 g/mol. The molecule has 12 heteroatoms. The van der Waals surface area contributed by atoms with Crippen LogP contribution < -0.4 is 16.1 Å². The minimum absolute atomic E-state index is 0.0582. The van der Waals surface area contributed by atoms with Crippen molar-refractivity contribution in [3.63, 3.8) is 0 Å². The summed E-state index contributed by atoms with van der Waals surface area (Å²) < 4.78 is 8.75. The molecule has 4 atom stereocenters. The van der Waals surface area contributed by atoms with E-state index >= 15 is 0 Å². The van der Waals surface area contributed by atoms with Gasteiger partial charge in [-0.25, -0.2) is 9.48 Å². The van der Waals surface area contributed by atoms with E-state index in [0.717, 1.165) is 12.8 Å². The van der Waals surface area contributed by atoms with Gasteiger partial charge >= 0.3 is 5.69 Å². The first kappa shape index (κ1) is 24.3. The molecule has 1 saturated carbocycles. The number of para-hydroxylation sites is 1. The standard InChI is InChI=1S/C26H26N6O6/c1-15-11-31(25(36)27-23(15)34)22-10-20(21(14-33)38-22)32-13-17(28-29-32)12-30-19-5-3-2-4-18(19)26(37,24(30)35)9-8-16-6-7-16/h2-5,11,13,16,20-22,33,37H,6-7,10,12,14H2,1H3,(H,27,34,36). The number of hydrogen-bond donors (Lipinski definition) is 3. The fourth-order valence-corrected chi connectivity index (χ4v) is 4.99. The number of rotatable bonds is 5. The zero-order valence-corrected chi connectivity index (χ0v) is 20.6. The van der Waals surface area contributed by atoms with Gasteiger partial charge in [0.25, 0.3) is 11.5 Å². The number of aryl methyl sites for hydroxylation is 1. The third-order valence-electron chi connectivity index (χ3n) is 7.23. The molecule has 1 aromatic carbocycles. The minimum Gasteiger partial charge on any atom is -0.394 e. The zero-order valence-electron chi connectivity index (χ0n) is 20.6. The van der Waals surface area contributed by atoms with Crippen molar-refractivity contribution < 1.29 is 19.7 Å². The summed E-state index contributed by atoms with van der Waals surface area (Å²) in [5.41, 5.74) is -1.16. The Morgan fingerprint density at radius 3 is 2.76 bits per heavy atom. The summed E-state index contributed by atoms with van der Waals surface area (Å²) in [7, 11) is 0. The van der Waals surface area contributed by atoms with Crippen LogP contribution in [0.2, 0.25) is 0 Å². The van der Waals surface area contributed by atoms with Gasteiger partial charge in [-0.15, -0.1) is 5.10 Å². The van der Waals surface area contributed by atoms with Gasteiger partial charge in [0.05, 0.1) is 31.1 Å². The van der Waals surface area contributed by atoms with Crippen LogP contribution in [0.25, 0.3) is 0 Å². The smallest absolute Gasteiger partial charge is 0.330 e. The predicted molar refractivity (Wildman–Crippen MR) is 133 cm³/mol. The Labute approximate surface area is 216 Å². The third kappa shape index (κ3) is 4.05. The van der Waals surface area contributed by atoms with Crippen LogP contribution in [0.4, 0.5) is 5.69 Å². The normalized spacial score (nSPS) is 26.3. The topological polar surface area (TPSA) is 156 Å². The molecule has 0 spiro atoms. The van der Waals surface area contributed by atoms with Gasteiger partial charge in [0.1, 0.15) is 18.0 Å². The molecule has 2 fully saturated rings. The summed E-state index contributed by atoms with van der Waals surface area (Å²) in [4.78, 5) is 41.2. The average molecular weight is 519 g/mol. The van der Waals surface area contributed by atoms with E-state index in [2.05, 4.69) is 27.1 Å². The van der Waals surface area contributed by atoms with E-state index in [4.69, 9.17) is 4.74 Å². The molecule has 0 radical (unpaired) electrons. The third-order valence-corrected chi connectivity index (χ3v) is 7.23. The second-order valence-electron chi connectivity index (χ2n) is 9.95. The van der Waals surface area contributed by atoms with Crippen LogP contribution in [-0.4, -0.2) is 53.4 Å². The first-order chi connectivity index (χ1) is 18.3. The van der Waals surface area contributed by atoms with Crippen molar-refractivity contribution >= 4 is 11.6 Å². The number of ether oxygens (including phenoxy) is 1. The molecule has 2 aliphatic heterocycles. The van der Waals surface area contributed by atoms with Crippen LogP contribution in [0, 0.1) is 24.7 Å². The number of aliphatic hydroxyl groups is 2. The van der Waals surface area contributed by atoms with Gasteiger partial charge in [-0.1, -0.05) is 35.3 Å². The van der Waals surface area contributed by atoms with Gasteiger partial charge in [-0.2, -0.15) is 0 Å². The van der Waals surface area contributed by atoms with Gasteiger partial charge in [0.15, 0.2) is 0 Å². The average Bonchev–Trinajstić information content (AvgIpc) is 3.39. The fourth-order valence-electron chi connectivity index (χ4n) is 4.99. The molecule has 2 aromatic heterocycles. The highest BCUT2D eigenvalue weighted by Gasteiger charge is 2.49. The monoisotopic (exact) mass is 518 g/mol. The van der Waals surface area contributed by atoms with Gasteiger partial charge in [-0.05, 0) is 25.8 Å². The summed E-state index contributed by atoms with van der Waals surface area (Å²) in [5.74, 6) is 5.52. The summed E-state index contributed by atoms with van der Waals surface area (Å²) in [5, 5.41) is 29.6. The number of anilines is 1. The van der Waals surface area contributed by atoms with Crippen LogP contribution in [-0.2, 0) is 21.7 Å². The maximum absolute atomic E-state index is 13.4. The summed E-state index contributed by atoms with van der Waals surface area (Å²) in [6, 6.07) is 6.56. The van der Waals surface area contributed by atoms with Crippen molar-refractivity contribution in [2.45, 2.75) is 56.7 Å². The highest BCUT2D eigenvalue weighted by molar-refractivity contribution is 6.08. The van der Waals surface area contributed by atoms with E-state index in [0.29, 0.717) is 28.9 Å². The molecule has 3 N–H and O–H groups in total. The molecule has 1 saturated heterocycles. The number of amides is 1.